The van der Waals surface area contributed by atoms with Gasteiger partial charge in [-0.15, -0.1) is 0 Å². The van der Waals surface area contributed by atoms with Gasteiger partial charge in [-0.25, -0.2) is 9.97 Å². The van der Waals surface area contributed by atoms with Crippen LogP contribution in [0.15, 0.2) is 24.5 Å². The molecule has 5 N–H and O–H groups in total. The van der Waals surface area contributed by atoms with E-state index in [9.17, 15) is 4.79 Å². The molecule has 0 spiro atoms. The number of H-pyrrole nitrogens is 2. The van der Waals surface area contributed by atoms with Crippen LogP contribution >= 0.6 is 0 Å². The molecule has 0 fully saturated rings. The first-order valence-corrected chi connectivity index (χ1v) is 6.40. The molecule has 0 atom stereocenters. The second-order valence-electron chi connectivity index (χ2n) is 4.31. The molecule has 8 heteroatoms. The van der Waals surface area contributed by atoms with Crippen molar-refractivity contribution in [1.29, 1.82) is 0 Å². The van der Waals surface area contributed by atoms with Gasteiger partial charge >= 0.3 is 0 Å². The average molecular weight is 286 g/mol. The van der Waals surface area contributed by atoms with Crippen LogP contribution in [0.3, 0.4) is 0 Å². The normalized spacial score (nSPS) is 10.7. The number of nitrogens with one attached hydrogen (secondary N) is 3. The van der Waals surface area contributed by atoms with Gasteiger partial charge in [0.25, 0.3) is 5.91 Å². The van der Waals surface area contributed by atoms with Crippen molar-refractivity contribution in [1.82, 2.24) is 19.9 Å². The number of fused-ring (bicyclic) bond motifs is 1. The summed E-state index contributed by atoms with van der Waals surface area (Å²) in [5.41, 5.74) is 7.15. The Hall–Kier alpha value is -3.03. The van der Waals surface area contributed by atoms with E-state index in [0.717, 1.165) is 0 Å². The SMILES string of the molecule is CCOc1cc(C(=O)Nc2ncc[nH]2)c2nc(N)[nH]c2c1. The number of hydrogen-bond donors (Lipinski definition) is 4. The molecule has 3 rings (SSSR count). The molecule has 0 saturated carbocycles. The molecule has 2 aromatic heterocycles. The number of carbonyl (C=O) groups excluding carboxylic acids is 1. The lowest BCUT2D eigenvalue weighted by Crippen LogP contribution is -2.14. The zero-order valence-electron chi connectivity index (χ0n) is 11.3. The van der Waals surface area contributed by atoms with Gasteiger partial charge in [0.2, 0.25) is 5.95 Å². The number of amides is 1. The molecule has 1 aromatic carbocycles. The Morgan fingerprint density at radius 1 is 1.48 bits per heavy atom. The highest BCUT2D eigenvalue weighted by Gasteiger charge is 2.16. The van der Waals surface area contributed by atoms with Crippen LogP contribution in [0.25, 0.3) is 11.0 Å². The summed E-state index contributed by atoms with van der Waals surface area (Å²) in [5, 5.41) is 2.65. The van der Waals surface area contributed by atoms with Crippen molar-refractivity contribution >= 4 is 28.8 Å². The minimum Gasteiger partial charge on any atom is -0.494 e. The standard InChI is InChI=1S/C13H14N6O2/c1-2-21-7-5-8(10-9(6-7)17-12(14)18-10)11(20)19-13-15-3-4-16-13/h3-6H,2H2,1H3,(H3,14,17,18)(H2,15,16,19,20). The number of hydrogen-bond acceptors (Lipinski definition) is 5. The molecule has 1 amide bonds. The first-order valence-electron chi connectivity index (χ1n) is 6.40. The molecule has 3 aromatic rings. The minimum atomic E-state index is -0.344. The lowest BCUT2D eigenvalue weighted by Gasteiger charge is -2.07. The predicted molar refractivity (Wildman–Crippen MR) is 78.2 cm³/mol. The minimum absolute atomic E-state index is 0.241. The van der Waals surface area contributed by atoms with E-state index in [1.165, 1.54) is 0 Å². The fraction of sp³-hybridized carbons (Fsp3) is 0.154. The number of nitrogens with two attached hydrogens (primary N) is 1. The molecule has 108 valence electrons. The second-order valence-corrected chi connectivity index (χ2v) is 4.31. The molecule has 0 aliphatic rings. The van der Waals surface area contributed by atoms with Crippen molar-refractivity contribution in [2.45, 2.75) is 6.92 Å². The van der Waals surface area contributed by atoms with Crippen LogP contribution in [-0.2, 0) is 0 Å². The molecule has 0 radical (unpaired) electrons. The van der Waals surface area contributed by atoms with Gasteiger partial charge < -0.3 is 20.4 Å². The van der Waals surface area contributed by atoms with Crippen molar-refractivity contribution in [3.05, 3.63) is 30.1 Å². The van der Waals surface area contributed by atoms with Crippen LogP contribution in [-0.4, -0.2) is 32.4 Å². The Morgan fingerprint density at radius 3 is 3.05 bits per heavy atom. The average Bonchev–Trinajstić information content (AvgIpc) is 3.06. The third kappa shape index (κ3) is 2.50. The van der Waals surface area contributed by atoms with Crippen LogP contribution in [0.1, 0.15) is 17.3 Å². The number of nitrogen functional groups attached to an aromatic ring is 1. The van der Waals surface area contributed by atoms with Crippen molar-refractivity contribution in [3.63, 3.8) is 0 Å². The highest BCUT2D eigenvalue weighted by atomic mass is 16.5. The van der Waals surface area contributed by atoms with E-state index in [4.69, 9.17) is 10.5 Å². The first-order chi connectivity index (χ1) is 10.2. The van der Waals surface area contributed by atoms with E-state index in [0.29, 0.717) is 34.9 Å². The topological polar surface area (TPSA) is 122 Å². The Balaban J connectivity index is 2.04. The summed E-state index contributed by atoms with van der Waals surface area (Å²) >= 11 is 0. The maximum atomic E-state index is 12.4. The first kappa shape index (κ1) is 13.0. The van der Waals surface area contributed by atoms with Crippen LogP contribution in [0.2, 0.25) is 0 Å². The fourth-order valence-electron chi connectivity index (χ4n) is 2.04. The van der Waals surface area contributed by atoms with E-state index in [-0.39, 0.29) is 11.9 Å². The second kappa shape index (κ2) is 5.16. The molecule has 0 aliphatic heterocycles. The highest BCUT2D eigenvalue weighted by Crippen LogP contribution is 2.25. The molecule has 0 saturated heterocycles. The monoisotopic (exact) mass is 286 g/mol. The summed E-state index contributed by atoms with van der Waals surface area (Å²) in [6.45, 7) is 2.36. The number of anilines is 2. The van der Waals surface area contributed by atoms with E-state index < -0.39 is 0 Å². The molecule has 8 nitrogen and oxygen atoms in total. The number of rotatable bonds is 4. The smallest absolute Gasteiger partial charge is 0.260 e. The predicted octanol–water partition coefficient (Wildman–Crippen LogP) is 1.52. The highest BCUT2D eigenvalue weighted by molar-refractivity contribution is 6.11. The number of benzene rings is 1. The van der Waals surface area contributed by atoms with Crippen LogP contribution in [0.5, 0.6) is 5.75 Å². The summed E-state index contributed by atoms with van der Waals surface area (Å²) in [5.74, 6) is 0.824. The van der Waals surface area contributed by atoms with Crippen molar-refractivity contribution < 1.29 is 9.53 Å². The number of carbonyl (C=O) groups is 1. The number of imidazole rings is 2. The molecule has 21 heavy (non-hydrogen) atoms. The Morgan fingerprint density at radius 2 is 2.33 bits per heavy atom. The Labute approximate surface area is 119 Å². The van der Waals surface area contributed by atoms with Gasteiger partial charge in [-0.3, -0.25) is 10.1 Å². The third-order valence-corrected chi connectivity index (χ3v) is 2.86. The van der Waals surface area contributed by atoms with Gasteiger partial charge in [0, 0.05) is 18.5 Å². The lowest BCUT2D eigenvalue weighted by atomic mass is 10.1. The molecular formula is C13H14N6O2. The summed E-state index contributed by atoms with van der Waals surface area (Å²) in [7, 11) is 0. The van der Waals surface area contributed by atoms with Gasteiger partial charge in [-0.2, -0.15) is 0 Å². The van der Waals surface area contributed by atoms with Crippen molar-refractivity contribution in [2.75, 3.05) is 17.7 Å². The molecular weight excluding hydrogens is 272 g/mol. The zero-order valence-corrected chi connectivity index (χ0v) is 11.3. The van der Waals surface area contributed by atoms with Gasteiger partial charge in [0.15, 0.2) is 5.95 Å². The van der Waals surface area contributed by atoms with E-state index in [1.54, 1.807) is 24.5 Å². The van der Waals surface area contributed by atoms with Gasteiger partial charge in [-0.05, 0) is 13.0 Å². The summed E-state index contributed by atoms with van der Waals surface area (Å²) in [4.78, 5) is 26.2. The van der Waals surface area contributed by atoms with Crippen LogP contribution in [0, 0.1) is 0 Å². The van der Waals surface area contributed by atoms with Crippen molar-refractivity contribution in [2.24, 2.45) is 0 Å². The molecule has 0 aliphatic carbocycles. The quantitative estimate of drug-likeness (QED) is 0.579. The third-order valence-electron chi connectivity index (χ3n) is 2.86. The molecule has 0 unspecified atom stereocenters. The largest absolute Gasteiger partial charge is 0.494 e. The van der Waals surface area contributed by atoms with E-state index >= 15 is 0 Å². The summed E-state index contributed by atoms with van der Waals surface area (Å²) < 4.78 is 5.46. The number of aromatic amines is 2. The Kier molecular flexibility index (Phi) is 3.19. The Bertz CT molecular complexity index is 777. The number of nitrogens with zero attached hydrogens (tertiary/aromatic N) is 2. The maximum absolute atomic E-state index is 12.4. The fourth-order valence-corrected chi connectivity index (χ4v) is 2.04. The van der Waals surface area contributed by atoms with Crippen LogP contribution < -0.4 is 15.8 Å². The summed E-state index contributed by atoms with van der Waals surface area (Å²) in [6.07, 6.45) is 3.17. The van der Waals surface area contributed by atoms with Crippen molar-refractivity contribution in [3.8, 4) is 5.75 Å². The molecule has 0 bridgehead atoms. The van der Waals surface area contributed by atoms with Gasteiger partial charge in [-0.1, -0.05) is 0 Å². The van der Waals surface area contributed by atoms with Gasteiger partial charge in [0.1, 0.15) is 11.3 Å². The van der Waals surface area contributed by atoms with E-state index in [1.807, 2.05) is 6.92 Å². The van der Waals surface area contributed by atoms with Gasteiger partial charge in [0.05, 0.1) is 17.7 Å². The number of aromatic nitrogens is 4. The lowest BCUT2D eigenvalue weighted by molar-refractivity contribution is 0.102. The number of ether oxygens (including phenoxy) is 1. The summed E-state index contributed by atoms with van der Waals surface area (Å²) in [6, 6.07) is 3.39. The van der Waals surface area contributed by atoms with Crippen LogP contribution in [0.4, 0.5) is 11.9 Å². The zero-order chi connectivity index (χ0) is 14.8. The molecule has 2 heterocycles. The van der Waals surface area contributed by atoms with E-state index in [2.05, 4.69) is 25.3 Å². The maximum Gasteiger partial charge on any atom is 0.260 e.